The van der Waals surface area contributed by atoms with E-state index in [4.69, 9.17) is 4.74 Å². The summed E-state index contributed by atoms with van der Waals surface area (Å²) in [6.07, 6.45) is 3.28. The topological polar surface area (TPSA) is 62.7 Å². The highest BCUT2D eigenvalue weighted by Crippen LogP contribution is 2.46. The minimum absolute atomic E-state index is 0.0607. The Bertz CT molecular complexity index is 497. The number of rotatable bonds is 4. The first-order chi connectivity index (χ1) is 9.69. The highest BCUT2D eigenvalue weighted by atomic mass is 16.5. The maximum atomic E-state index is 13.1. The lowest BCUT2D eigenvalue weighted by Gasteiger charge is -2.56. The molecule has 0 saturated carbocycles. The van der Waals surface area contributed by atoms with Gasteiger partial charge in [0, 0.05) is 26.4 Å². The molecule has 0 unspecified atom stereocenters. The Labute approximate surface area is 118 Å². The molecule has 2 bridgehead atoms. The molecule has 0 spiro atoms. The third-order valence-electron chi connectivity index (χ3n) is 4.88. The van der Waals surface area contributed by atoms with Gasteiger partial charge >= 0.3 is 0 Å². The van der Waals surface area contributed by atoms with Crippen molar-refractivity contribution >= 4 is 5.78 Å². The van der Waals surface area contributed by atoms with Crippen LogP contribution in [-0.2, 0) is 14.9 Å². The first kappa shape index (κ1) is 13.7. The van der Waals surface area contributed by atoms with Crippen molar-refractivity contribution in [3.05, 3.63) is 30.1 Å². The number of pyridine rings is 1. The van der Waals surface area contributed by atoms with E-state index in [1.54, 1.807) is 13.3 Å². The molecule has 20 heavy (non-hydrogen) atoms. The minimum atomic E-state index is -0.900. The first-order valence-electron chi connectivity index (χ1n) is 7.01. The SMILES string of the molecule is COC[C@@]1(CO)C(=O)C2(c3ccccn3)CCN1CC2. The van der Waals surface area contributed by atoms with E-state index in [0.717, 1.165) is 31.6 Å². The van der Waals surface area contributed by atoms with Crippen LogP contribution in [0.15, 0.2) is 24.4 Å². The molecule has 5 heteroatoms. The number of aliphatic hydroxyl groups is 1. The maximum absolute atomic E-state index is 13.1. The Hall–Kier alpha value is -1.30. The van der Waals surface area contributed by atoms with Gasteiger partial charge in [-0.3, -0.25) is 14.7 Å². The molecular formula is C15H20N2O3. The van der Waals surface area contributed by atoms with E-state index in [1.165, 1.54) is 0 Å². The molecule has 3 fully saturated rings. The average molecular weight is 276 g/mol. The lowest BCUT2D eigenvalue weighted by molar-refractivity contribution is -0.162. The predicted molar refractivity (Wildman–Crippen MR) is 73.4 cm³/mol. The van der Waals surface area contributed by atoms with Gasteiger partial charge in [0.1, 0.15) is 5.54 Å². The van der Waals surface area contributed by atoms with Crippen molar-refractivity contribution in [2.75, 3.05) is 33.4 Å². The molecule has 0 amide bonds. The standard InChI is InChI=1S/C15H20N2O3/c1-20-11-15(10-18)13(19)14(5-8-17(15)9-6-14)12-4-2-3-7-16-12/h2-4,7,18H,5-6,8-11H2,1H3/t15-/m0/s1. The van der Waals surface area contributed by atoms with E-state index in [1.807, 2.05) is 18.2 Å². The van der Waals surface area contributed by atoms with E-state index in [0.29, 0.717) is 0 Å². The second kappa shape index (κ2) is 4.91. The zero-order valence-electron chi connectivity index (χ0n) is 11.7. The zero-order chi connectivity index (χ0) is 14.2. The number of carbonyl (C=O) groups is 1. The number of ether oxygens (including phenoxy) is 1. The van der Waals surface area contributed by atoms with Crippen LogP contribution in [0.25, 0.3) is 0 Å². The number of nitrogens with zero attached hydrogens (tertiary/aromatic N) is 2. The number of piperidine rings is 3. The third-order valence-corrected chi connectivity index (χ3v) is 4.88. The van der Waals surface area contributed by atoms with Crippen molar-refractivity contribution in [3.8, 4) is 0 Å². The summed E-state index contributed by atoms with van der Waals surface area (Å²) in [5.74, 6) is 0.0607. The van der Waals surface area contributed by atoms with Gasteiger partial charge in [0.25, 0.3) is 0 Å². The molecule has 3 saturated heterocycles. The van der Waals surface area contributed by atoms with Gasteiger partial charge < -0.3 is 9.84 Å². The van der Waals surface area contributed by atoms with E-state index >= 15 is 0 Å². The Kier molecular flexibility index (Phi) is 3.36. The number of hydrogen-bond acceptors (Lipinski definition) is 5. The van der Waals surface area contributed by atoms with Crippen LogP contribution in [0.5, 0.6) is 0 Å². The number of methoxy groups -OCH3 is 1. The molecular weight excluding hydrogens is 256 g/mol. The molecule has 1 aromatic heterocycles. The maximum Gasteiger partial charge on any atom is 0.169 e. The molecule has 0 aliphatic carbocycles. The summed E-state index contributed by atoms with van der Waals surface area (Å²) < 4.78 is 5.24. The first-order valence-corrected chi connectivity index (χ1v) is 7.01. The van der Waals surface area contributed by atoms with E-state index in [9.17, 15) is 9.90 Å². The van der Waals surface area contributed by atoms with Crippen molar-refractivity contribution in [2.24, 2.45) is 0 Å². The van der Waals surface area contributed by atoms with Crippen LogP contribution in [-0.4, -0.2) is 59.7 Å². The van der Waals surface area contributed by atoms with Gasteiger partial charge in [0.2, 0.25) is 0 Å². The normalized spacial score (nSPS) is 36.3. The molecule has 1 aromatic rings. The predicted octanol–water partition coefficient (Wildman–Crippen LogP) is 0.375. The highest BCUT2D eigenvalue weighted by molar-refractivity contribution is 5.99. The van der Waals surface area contributed by atoms with Crippen LogP contribution >= 0.6 is 0 Å². The van der Waals surface area contributed by atoms with Gasteiger partial charge in [-0.05, 0) is 25.0 Å². The Morgan fingerprint density at radius 1 is 1.40 bits per heavy atom. The number of aliphatic hydroxyl groups excluding tert-OH is 1. The van der Waals surface area contributed by atoms with Crippen LogP contribution in [0.1, 0.15) is 18.5 Å². The summed E-state index contributed by atoms with van der Waals surface area (Å²) in [5.41, 5.74) is -0.627. The summed E-state index contributed by atoms with van der Waals surface area (Å²) in [5, 5.41) is 9.86. The molecule has 4 rings (SSSR count). The van der Waals surface area contributed by atoms with Gasteiger partial charge in [0.15, 0.2) is 5.78 Å². The summed E-state index contributed by atoms with van der Waals surface area (Å²) in [4.78, 5) is 19.6. The Morgan fingerprint density at radius 2 is 2.15 bits per heavy atom. The number of hydrogen-bond donors (Lipinski definition) is 1. The van der Waals surface area contributed by atoms with Crippen LogP contribution in [0.2, 0.25) is 0 Å². The van der Waals surface area contributed by atoms with Crippen LogP contribution < -0.4 is 0 Å². The molecule has 108 valence electrons. The van der Waals surface area contributed by atoms with Crippen molar-refractivity contribution in [1.82, 2.24) is 9.88 Å². The molecule has 3 aliphatic rings. The molecule has 3 aliphatic heterocycles. The van der Waals surface area contributed by atoms with Crippen LogP contribution in [0.4, 0.5) is 0 Å². The zero-order valence-corrected chi connectivity index (χ0v) is 11.7. The molecule has 1 atom stereocenters. The monoisotopic (exact) mass is 276 g/mol. The summed E-state index contributed by atoms with van der Waals surface area (Å²) >= 11 is 0. The summed E-state index contributed by atoms with van der Waals surface area (Å²) in [6.45, 7) is 1.63. The highest BCUT2D eigenvalue weighted by Gasteiger charge is 2.61. The largest absolute Gasteiger partial charge is 0.394 e. The second-order valence-corrected chi connectivity index (χ2v) is 5.74. The quantitative estimate of drug-likeness (QED) is 0.861. The number of fused-ring (bicyclic) bond motifs is 3. The second-order valence-electron chi connectivity index (χ2n) is 5.74. The summed E-state index contributed by atoms with van der Waals surface area (Å²) in [6, 6.07) is 5.70. The number of aromatic nitrogens is 1. The number of Topliss-reactive ketones (excluding diaryl/α,β-unsaturated/α-hetero) is 1. The van der Waals surface area contributed by atoms with Crippen molar-refractivity contribution in [3.63, 3.8) is 0 Å². The fourth-order valence-electron chi connectivity index (χ4n) is 3.76. The van der Waals surface area contributed by atoms with Crippen LogP contribution in [0, 0.1) is 0 Å². The minimum Gasteiger partial charge on any atom is -0.394 e. The molecule has 4 heterocycles. The number of ketones is 1. The number of carbonyl (C=O) groups excluding carboxylic acids is 1. The van der Waals surface area contributed by atoms with Gasteiger partial charge in [-0.15, -0.1) is 0 Å². The Morgan fingerprint density at radius 3 is 2.70 bits per heavy atom. The van der Waals surface area contributed by atoms with Gasteiger partial charge in [-0.25, -0.2) is 0 Å². The lowest BCUT2D eigenvalue weighted by atomic mass is 9.61. The lowest BCUT2D eigenvalue weighted by Crippen LogP contribution is -2.74. The van der Waals surface area contributed by atoms with Crippen molar-refractivity contribution < 1.29 is 14.6 Å². The van der Waals surface area contributed by atoms with E-state index in [2.05, 4.69) is 9.88 Å². The van der Waals surface area contributed by atoms with Gasteiger partial charge in [-0.1, -0.05) is 6.07 Å². The average Bonchev–Trinajstić information content (AvgIpc) is 2.52. The van der Waals surface area contributed by atoms with Gasteiger partial charge in [-0.2, -0.15) is 0 Å². The van der Waals surface area contributed by atoms with Crippen molar-refractivity contribution in [2.45, 2.75) is 23.8 Å². The Balaban J connectivity index is 2.07. The smallest absolute Gasteiger partial charge is 0.169 e. The fourth-order valence-corrected chi connectivity index (χ4v) is 3.76. The van der Waals surface area contributed by atoms with Crippen molar-refractivity contribution in [1.29, 1.82) is 0 Å². The fraction of sp³-hybridized carbons (Fsp3) is 0.600. The van der Waals surface area contributed by atoms with E-state index in [-0.39, 0.29) is 19.0 Å². The van der Waals surface area contributed by atoms with Gasteiger partial charge in [0.05, 0.1) is 24.3 Å². The third kappa shape index (κ3) is 1.67. The molecule has 0 aromatic carbocycles. The molecule has 0 radical (unpaired) electrons. The summed E-state index contributed by atoms with van der Waals surface area (Å²) in [7, 11) is 1.57. The van der Waals surface area contributed by atoms with E-state index < -0.39 is 11.0 Å². The van der Waals surface area contributed by atoms with Crippen LogP contribution in [0.3, 0.4) is 0 Å². The molecule has 5 nitrogen and oxygen atoms in total. The molecule has 1 N–H and O–H groups in total.